The normalized spacial score (nSPS) is 21.4. The van der Waals surface area contributed by atoms with Crippen molar-refractivity contribution in [1.82, 2.24) is 14.5 Å². The Morgan fingerprint density at radius 3 is 3.00 bits per heavy atom. The first-order valence-electron chi connectivity index (χ1n) is 6.10. The zero-order valence-corrected chi connectivity index (χ0v) is 10.0. The highest BCUT2D eigenvalue weighted by molar-refractivity contribution is 5.74. The van der Waals surface area contributed by atoms with Crippen molar-refractivity contribution >= 4 is 11.0 Å². The maximum absolute atomic E-state index is 11.9. The molecule has 0 bridgehead atoms. The molecule has 4 nitrogen and oxygen atoms in total. The van der Waals surface area contributed by atoms with Gasteiger partial charge in [0.05, 0.1) is 11.0 Å². The quantitative estimate of drug-likeness (QED) is 0.846. The topological polar surface area (TPSA) is 41.0 Å². The highest BCUT2D eigenvalue weighted by Gasteiger charge is 2.21. The van der Waals surface area contributed by atoms with E-state index >= 15 is 0 Å². The van der Waals surface area contributed by atoms with Gasteiger partial charge in [-0.25, -0.2) is 4.79 Å². The first-order valence-corrected chi connectivity index (χ1v) is 6.10. The lowest BCUT2D eigenvalue weighted by molar-refractivity contribution is 0.378. The van der Waals surface area contributed by atoms with E-state index in [1.54, 1.807) is 0 Å². The number of para-hydroxylation sites is 2. The van der Waals surface area contributed by atoms with E-state index in [0.29, 0.717) is 5.92 Å². The number of H-pyrrole nitrogens is 1. The molecule has 0 saturated carbocycles. The first kappa shape index (κ1) is 10.6. The number of benzene rings is 1. The van der Waals surface area contributed by atoms with E-state index in [1.807, 2.05) is 28.8 Å². The van der Waals surface area contributed by atoms with Gasteiger partial charge in [0.2, 0.25) is 0 Å². The summed E-state index contributed by atoms with van der Waals surface area (Å²) in [5.41, 5.74) is 1.97. The average molecular weight is 231 g/mol. The number of nitrogens with zero attached hydrogens (tertiary/aromatic N) is 2. The summed E-state index contributed by atoms with van der Waals surface area (Å²) in [5, 5.41) is 0. The molecule has 3 rings (SSSR count). The molecule has 2 aromatic rings. The lowest BCUT2D eigenvalue weighted by atomic mass is 10.1. The van der Waals surface area contributed by atoms with E-state index in [9.17, 15) is 4.79 Å². The SMILES string of the molecule is CN1CCC(Cn2c(=O)[nH]c3ccccc32)C1. The number of likely N-dealkylation sites (tertiary alicyclic amines) is 1. The monoisotopic (exact) mass is 231 g/mol. The molecule has 1 unspecified atom stereocenters. The van der Waals surface area contributed by atoms with Crippen LogP contribution in [0.2, 0.25) is 0 Å². The Morgan fingerprint density at radius 1 is 1.41 bits per heavy atom. The first-order chi connectivity index (χ1) is 8.24. The summed E-state index contributed by atoms with van der Waals surface area (Å²) in [7, 11) is 2.14. The lowest BCUT2D eigenvalue weighted by Gasteiger charge is -2.11. The van der Waals surface area contributed by atoms with Gasteiger partial charge in [-0.05, 0) is 38.1 Å². The van der Waals surface area contributed by atoms with Gasteiger partial charge in [-0.1, -0.05) is 12.1 Å². The van der Waals surface area contributed by atoms with Gasteiger partial charge in [-0.2, -0.15) is 0 Å². The van der Waals surface area contributed by atoms with E-state index in [-0.39, 0.29) is 5.69 Å². The molecule has 0 amide bonds. The van der Waals surface area contributed by atoms with Crippen LogP contribution in [0.5, 0.6) is 0 Å². The summed E-state index contributed by atoms with van der Waals surface area (Å²) in [5.74, 6) is 0.594. The number of aromatic amines is 1. The van der Waals surface area contributed by atoms with Crippen LogP contribution in [0.1, 0.15) is 6.42 Å². The number of nitrogens with one attached hydrogen (secondary N) is 1. The van der Waals surface area contributed by atoms with E-state index < -0.39 is 0 Å². The molecule has 17 heavy (non-hydrogen) atoms. The predicted molar refractivity (Wildman–Crippen MR) is 68.2 cm³/mol. The van der Waals surface area contributed by atoms with E-state index in [2.05, 4.69) is 16.9 Å². The summed E-state index contributed by atoms with van der Waals surface area (Å²) in [4.78, 5) is 17.1. The van der Waals surface area contributed by atoms with Gasteiger partial charge in [0.25, 0.3) is 0 Å². The minimum absolute atomic E-state index is 0.0146. The van der Waals surface area contributed by atoms with Crippen molar-refractivity contribution < 1.29 is 0 Å². The van der Waals surface area contributed by atoms with Crippen molar-refractivity contribution in [2.45, 2.75) is 13.0 Å². The summed E-state index contributed by atoms with van der Waals surface area (Å²) in [6.07, 6.45) is 1.18. The highest BCUT2D eigenvalue weighted by Crippen LogP contribution is 2.18. The summed E-state index contributed by atoms with van der Waals surface area (Å²) in [6.45, 7) is 3.06. The van der Waals surface area contributed by atoms with Crippen molar-refractivity contribution in [2.24, 2.45) is 5.92 Å². The third-order valence-electron chi connectivity index (χ3n) is 3.61. The smallest absolute Gasteiger partial charge is 0.306 e. The van der Waals surface area contributed by atoms with Gasteiger partial charge in [0, 0.05) is 13.1 Å². The van der Waals surface area contributed by atoms with E-state index in [1.165, 1.54) is 6.42 Å². The van der Waals surface area contributed by atoms with Crippen LogP contribution in [-0.4, -0.2) is 34.6 Å². The molecule has 1 aromatic heterocycles. The third kappa shape index (κ3) is 1.89. The molecule has 1 fully saturated rings. The molecule has 2 heterocycles. The number of rotatable bonds is 2. The molecule has 0 aliphatic carbocycles. The van der Waals surface area contributed by atoms with E-state index in [4.69, 9.17) is 0 Å². The Hall–Kier alpha value is -1.55. The molecule has 90 valence electrons. The molecule has 1 N–H and O–H groups in total. The van der Waals surface area contributed by atoms with Crippen LogP contribution in [0.3, 0.4) is 0 Å². The predicted octanol–water partition coefficient (Wildman–Crippen LogP) is 1.28. The van der Waals surface area contributed by atoms with Gasteiger partial charge in [0.1, 0.15) is 0 Å². The fraction of sp³-hybridized carbons (Fsp3) is 0.462. The van der Waals surface area contributed by atoms with E-state index in [0.717, 1.165) is 30.7 Å². The maximum atomic E-state index is 11.9. The third-order valence-corrected chi connectivity index (χ3v) is 3.61. The van der Waals surface area contributed by atoms with Gasteiger partial charge in [0.15, 0.2) is 0 Å². The summed E-state index contributed by atoms with van der Waals surface area (Å²) < 4.78 is 1.87. The number of imidazole rings is 1. The largest absolute Gasteiger partial charge is 0.326 e. The molecule has 1 aliphatic heterocycles. The van der Waals surface area contributed by atoms with Crippen LogP contribution in [0.15, 0.2) is 29.1 Å². The van der Waals surface area contributed by atoms with Crippen LogP contribution in [0.25, 0.3) is 11.0 Å². The van der Waals surface area contributed by atoms with Crippen molar-refractivity contribution in [3.63, 3.8) is 0 Å². The van der Waals surface area contributed by atoms with Crippen molar-refractivity contribution in [3.8, 4) is 0 Å². The Balaban J connectivity index is 1.94. The Kier molecular flexibility index (Phi) is 2.52. The van der Waals surface area contributed by atoms with Crippen LogP contribution in [0.4, 0.5) is 0 Å². The lowest BCUT2D eigenvalue weighted by Crippen LogP contribution is -2.23. The fourth-order valence-electron chi connectivity index (χ4n) is 2.72. The number of aromatic nitrogens is 2. The zero-order chi connectivity index (χ0) is 11.8. The molecule has 1 aliphatic rings. The molecule has 4 heteroatoms. The minimum Gasteiger partial charge on any atom is -0.306 e. The van der Waals surface area contributed by atoms with Gasteiger partial charge >= 0.3 is 5.69 Å². The van der Waals surface area contributed by atoms with Gasteiger partial charge in [-0.15, -0.1) is 0 Å². The van der Waals surface area contributed by atoms with Gasteiger partial charge < -0.3 is 9.88 Å². The number of fused-ring (bicyclic) bond motifs is 1. The second-order valence-electron chi connectivity index (χ2n) is 4.97. The molecule has 0 radical (unpaired) electrons. The summed E-state index contributed by atoms with van der Waals surface area (Å²) in [6, 6.07) is 7.89. The molecule has 0 spiro atoms. The van der Waals surface area contributed by atoms with Crippen molar-refractivity contribution in [1.29, 1.82) is 0 Å². The standard InChI is InChI=1S/C13H17N3O/c1-15-7-6-10(8-15)9-16-12-5-3-2-4-11(12)14-13(16)17/h2-5,10H,6-9H2,1H3,(H,14,17). The molecular formula is C13H17N3O. The zero-order valence-electron chi connectivity index (χ0n) is 10.0. The number of hydrogen-bond acceptors (Lipinski definition) is 2. The van der Waals surface area contributed by atoms with Crippen molar-refractivity contribution in [2.75, 3.05) is 20.1 Å². The van der Waals surface area contributed by atoms with Crippen LogP contribution >= 0.6 is 0 Å². The van der Waals surface area contributed by atoms with Crippen LogP contribution in [0, 0.1) is 5.92 Å². The average Bonchev–Trinajstić information content (AvgIpc) is 2.85. The fourth-order valence-corrected chi connectivity index (χ4v) is 2.72. The van der Waals surface area contributed by atoms with Crippen LogP contribution < -0.4 is 5.69 Å². The molecule has 1 saturated heterocycles. The van der Waals surface area contributed by atoms with Gasteiger partial charge in [-0.3, -0.25) is 4.57 Å². The number of hydrogen-bond donors (Lipinski definition) is 1. The summed E-state index contributed by atoms with van der Waals surface area (Å²) >= 11 is 0. The molecular weight excluding hydrogens is 214 g/mol. The minimum atomic E-state index is 0.0146. The van der Waals surface area contributed by atoms with Crippen molar-refractivity contribution in [3.05, 3.63) is 34.7 Å². The second-order valence-corrected chi connectivity index (χ2v) is 4.97. The molecule has 1 aromatic carbocycles. The second kappa shape index (κ2) is 4.04. The Labute approximate surface area is 99.9 Å². The highest BCUT2D eigenvalue weighted by atomic mass is 16.1. The molecule has 1 atom stereocenters. The Bertz CT molecular complexity index is 584. The maximum Gasteiger partial charge on any atom is 0.326 e. The van der Waals surface area contributed by atoms with Crippen LogP contribution in [-0.2, 0) is 6.54 Å². The Morgan fingerprint density at radius 2 is 2.24 bits per heavy atom.